The van der Waals surface area contributed by atoms with Crippen LogP contribution in [0.5, 0.6) is 0 Å². The summed E-state index contributed by atoms with van der Waals surface area (Å²) in [5.41, 5.74) is 0. The Morgan fingerprint density at radius 2 is 1.86 bits per heavy atom. The van der Waals surface area contributed by atoms with Gasteiger partial charge in [0.2, 0.25) is 0 Å². The number of carboxylic acids is 1. The Morgan fingerprint density at radius 1 is 1.29 bits per heavy atom. The fraction of sp³-hybridized carbons (Fsp3) is 0.900. The normalized spacial score (nSPS) is 34.1. The van der Waals surface area contributed by atoms with Gasteiger partial charge in [0.25, 0.3) is 0 Å². The molecule has 14 heavy (non-hydrogen) atoms. The Kier molecular flexibility index (Phi) is 3.17. The summed E-state index contributed by atoms with van der Waals surface area (Å²) in [7, 11) is 5.99. The smallest absolute Gasteiger partial charge is 0.309 e. The highest BCUT2D eigenvalue weighted by atomic mass is 16.4. The van der Waals surface area contributed by atoms with Gasteiger partial charge in [0, 0.05) is 6.42 Å². The molecule has 1 rings (SSSR count). The zero-order valence-electron chi connectivity index (χ0n) is 9.10. The molecule has 0 bridgehead atoms. The molecule has 0 radical (unpaired) electrons. The number of aliphatic hydroxyl groups excluding tert-OH is 1. The van der Waals surface area contributed by atoms with E-state index in [2.05, 4.69) is 0 Å². The highest BCUT2D eigenvalue weighted by molar-refractivity contribution is 5.70. The number of hydrogen-bond acceptors (Lipinski definition) is 2. The summed E-state index contributed by atoms with van der Waals surface area (Å²) in [4.78, 5) is 10.9. The summed E-state index contributed by atoms with van der Waals surface area (Å²) in [6.45, 7) is 0. The van der Waals surface area contributed by atoms with Gasteiger partial charge in [-0.15, -0.1) is 0 Å². The highest BCUT2D eigenvalue weighted by Crippen LogP contribution is 2.29. The molecule has 0 amide bonds. The predicted molar refractivity (Wildman–Crippen MR) is 52.8 cm³/mol. The number of carbonyl (C=O) groups is 1. The SMILES string of the molecule is C[N+](C)(C)[C@@H]1CCC[C@H](C(=O)O)[C@H]1O. The Hall–Kier alpha value is -0.610. The van der Waals surface area contributed by atoms with Crippen molar-refractivity contribution in [3.63, 3.8) is 0 Å². The number of likely N-dealkylation sites (N-methyl/N-ethyl adjacent to an activating group) is 1. The van der Waals surface area contributed by atoms with Gasteiger partial charge < -0.3 is 14.7 Å². The number of quaternary nitrogens is 1. The molecule has 1 aliphatic rings. The quantitative estimate of drug-likeness (QED) is 0.633. The van der Waals surface area contributed by atoms with Crippen LogP contribution in [0.3, 0.4) is 0 Å². The number of nitrogens with zero attached hydrogens (tertiary/aromatic N) is 1. The second-order valence-corrected chi connectivity index (χ2v) is 5.05. The molecule has 2 N–H and O–H groups in total. The molecule has 0 spiro atoms. The van der Waals surface area contributed by atoms with Crippen molar-refractivity contribution in [2.24, 2.45) is 5.92 Å². The average Bonchev–Trinajstić information content (AvgIpc) is 2.01. The van der Waals surface area contributed by atoms with Gasteiger partial charge in [0.05, 0.1) is 27.1 Å². The zero-order valence-corrected chi connectivity index (χ0v) is 9.10. The first-order valence-electron chi connectivity index (χ1n) is 5.06. The Labute approximate surface area is 84.7 Å². The first-order valence-corrected chi connectivity index (χ1v) is 5.06. The van der Waals surface area contributed by atoms with E-state index in [0.29, 0.717) is 10.9 Å². The molecule has 0 aromatic rings. The molecule has 1 saturated carbocycles. The lowest BCUT2D eigenvalue weighted by molar-refractivity contribution is -0.901. The molecular formula is C10H20NO3+. The molecule has 0 saturated heterocycles. The molecule has 4 nitrogen and oxygen atoms in total. The van der Waals surface area contributed by atoms with E-state index in [1.54, 1.807) is 0 Å². The number of hydrogen-bond donors (Lipinski definition) is 2. The fourth-order valence-corrected chi connectivity index (χ4v) is 2.27. The third-order valence-electron chi connectivity index (χ3n) is 3.13. The topological polar surface area (TPSA) is 57.5 Å². The second kappa shape index (κ2) is 3.87. The third-order valence-corrected chi connectivity index (χ3v) is 3.13. The molecule has 4 heteroatoms. The Balaban J connectivity index is 2.76. The first kappa shape index (κ1) is 11.5. The maximum Gasteiger partial charge on any atom is 0.309 e. The van der Waals surface area contributed by atoms with E-state index in [0.717, 1.165) is 12.8 Å². The van der Waals surface area contributed by atoms with Crippen LogP contribution in [-0.2, 0) is 4.79 Å². The Morgan fingerprint density at radius 3 is 2.29 bits per heavy atom. The second-order valence-electron chi connectivity index (χ2n) is 5.05. The standard InChI is InChI=1S/C10H19NO3/c1-11(2,3)8-6-4-5-7(9(8)12)10(13)14/h7-9,12H,4-6H2,1-3H3/p+1/t7-,8+,9+/m0/s1. The number of carboxylic acid groups (broad SMARTS) is 1. The van der Waals surface area contributed by atoms with E-state index in [4.69, 9.17) is 5.11 Å². The fourth-order valence-electron chi connectivity index (χ4n) is 2.27. The number of rotatable bonds is 2. The summed E-state index contributed by atoms with van der Waals surface area (Å²) in [6.07, 6.45) is 1.71. The van der Waals surface area contributed by atoms with Crippen LogP contribution >= 0.6 is 0 Å². The van der Waals surface area contributed by atoms with Gasteiger partial charge in [0.15, 0.2) is 0 Å². The van der Waals surface area contributed by atoms with Crippen molar-refractivity contribution in [2.75, 3.05) is 21.1 Å². The minimum absolute atomic E-state index is 0.0462. The lowest BCUT2D eigenvalue weighted by Gasteiger charge is -2.41. The van der Waals surface area contributed by atoms with Gasteiger partial charge in [0.1, 0.15) is 12.1 Å². The molecule has 1 aliphatic carbocycles. The van der Waals surface area contributed by atoms with Crippen molar-refractivity contribution >= 4 is 5.97 Å². The van der Waals surface area contributed by atoms with Crippen LogP contribution in [0, 0.1) is 5.92 Å². The van der Waals surface area contributed by atoms with E-state index in [-0.39, 0.29) is 6.04 Å². The maximum atomic E-state index is 10.9. The molecule has 0 aromatic heterocycles. The van der Waals surface area contributed by atoms with E-state index in [1.807, 2.05) is 21.1 Å². The van der Waals surface area contributed by atoms with Crippen LogP contribution < -0.4 is 0 Å². The molecule has 0 unspecified atom stereocenters. The van der Waals surface area contributed by atoms with Crippen molar-refractivity contribution in [1.29, 1.82) is 0 Å². The van der Waals surface area contributed by atoms with E-state index < -0.39 is 18.0 Å². The monoisotopic (exact) mass is 202 g/mol. The van der Waals surface area contributed by atoms with Crippen molar-refractivity contribution in [1.82, 2.24) is 0 Å². The van der Waals surface area contributed by atoms with Gasteiger partial charge >= 0.3 is 5.97 Å². The molecule has 1 fully saturated rings. The summed E-state index contributed by atoms with van der Waals surface area (Å²) in [5.74, 6) is -1.44. The van der Waals surface area contributed by atoms with Crippen LogP contribution in [-0.4, -0.2) is 54.0 Å². The van der Waals surface area contributed by atoms with Crippen LogP contribution in [0.4, 0.5) is 0 Å². The first-order chi connectivity index (χ1) is 6.34. The molecular weight excluding hydrogens is 182 g/mol. The van der Waals surface area contributed by atoms with Gasteiger partial charge in [-0.2, -0.15) is 0 Å². The summed E-state index contributed by atoms with van der Waals surface area (Å²) in [5, 5.41) is 18.9. The molecule has 0 aromatic carbocycles. The van der Waals surface area contributed by atoms with Crippen molar-refractivity contribution in [3.8, 4) is 0 Å². The number of aliphatic carboxylic acids is 1. The van der Waals surface area contributed by atoms with E-state index >= 15 is 0 Å². The van der Waals surface area contributed by atoms with Crippen molar-refractivity contribution in [2.45, 2.75) is 31.4 Å². The highest BCUT2D eigenvalue weighted by Gasteiger charge is 2.42. The van der Waals surface area contributed by atoms with Crippen molar-refractivity contribution in [3.05, 3.63) is 0 Å². The summed E-state index contributed by atoms with van der Waals surface area (Å²) < 4.78 is 0.630. The van der Waals surface area contributed by atoms with Crippen LogP contribution in [0.25, 0.3) is 0 Å². The summed E-state index contributed by atoms with van der Waals surface area (Å²) >= 11 is 0. The van der Waals surface area contributed by atoms with Gasteiger partial charge in [-0.1, -0.05) is 0 Å². The minimum Gasteiger partial charge on any atom is -0.481 e. The predicted octanol–water partition coefficient (Wildman–Crippen LogP) is 0.307. The molecule has 0 aliphatic heterocycles. The van der Waals surface area contributed by atoms with Crippen LogP contribution in [0.1, 0.15) is 19.3 Å². The number of aliphatic hydroxyl groups is 1. The summed E-state index contributed by atoms with van der Waals surface area (Å²) in [6, 6.07) is 0.0462. The lowest BCUT2D eigenvalue weighted by atomic mass is 9.82. The largest absolute Gasteiger partial charge is 0.481 e. The van der Waals surface area contributed by atoms with E-state index in [1.165, 1.54) is 0 Å². The van der Waals surface area contributed by atoms with Gasteiger partial charge in [-0.25, -0.2) is 0 Å². The maximum absolute atomic E-state index is 10.9. The van der Waals surface area contributed by atoms with Gasteiger partial charge in [-0.3, -0.25) is 4.79 Å². The average molecular weight is 202 g/mol. The molecule has 0 heterocycles. The third kappa shape index (κ3) is 2.25. The van der Waals surface area contributed by atoms with Crippen molar-refractivity contribution < 1.29 is 19.5 Å². The molecule has 3 atom stereocenters. The van der Waals surface area contributed by atoms with Crippen LogP contribution in [0.2, 0.25) is 0 Å². The van der Waals surface area contributed by atoms with Gasteiger partial charge in [-0.05, 0) is 12.8 Å². The van der Waals surface area contributed by atoms with Crippen LogP contribution in [0.15, 0.2) is 0 Å². The zero-order chi connectivity index (χ0) is 10.9. The Bertz CT molecular complexity index is 222. The minimum atomic E-state index is -0.865. The van der Waals surface area contributed by atoms with E-state index in [9.17, 15) is 9.90 Å². The lowest BCUT2D eigenvalue weighted by Crippen LogP contribution is -2.56. The molecule has 82 valence electrons.